The summed E-state index contributed by atoms with van der Waals surface area (Å²) < 4.78 is 4.99. The highest BCUT2D eigenvalue weighted by atomic mass is 32.1. The number of aliphatic hydroxyl groups is 1. The van der Waals surface area contributed by atoms with Gasteiger partial charge in [-0.3, -0.25) is 4.79 Å². The summed E-state index contributed by atoms with van der Waals surface area (Å²) in [5.74, 6) is -0.226. The number of nitrogen functional groups attached to an aromatic ring is 1. The number of nitrogens with zero attached hydrogens (tertiary/aromatic N) is 2. The summed E-state index contributed by atoms with van der Waals surface area (Å²) in [6.07, 6.45) is 1.26. The third kappa shape index (κ3) is 4.13. The van der Waals surface area contributed by atoms with Crippen LogP contribution in [0.15, 0.2) is 5.38 Å². The number of carbonyl (C=O) groups is 1. The average Bonchev–Trinajstić information content (AvgIpc) is 2.86. The van der Waals surface area contributed by atoms with Gasteiger partial charge in [0.15, 0.2) is 10.7 Å². The maximum absolute atomic E-state index is 12.3. The average molecular weight is 314 g/mol. The van der Waals surface area contributed by atoms with Crippen LogP contribution in [-0.2, 0) is 16.1 Å². The van der Waals surface area contributed by atoms with Crippen molar-refractivity contribution in [2.45, 2.75) is 25.0 Å². The first-order valence-corrected chi connectivity index (χ1v) is 7.84. The molecule has 4 N–H and O–H groups in total. The Balaban J connectivity index is 1.86. The Hall–Kier alpha value is -1.22. The highest BCUT2D eigenvalue weighted by molar-refractivity contribution is 7.13. The summed E-state index contributed by atoms with van der Waals surface area (Å²) in [5, 5.41) is 16.0. The van der Waals surface area contributed by atoms with E-state index in [-0.39, 0.29) is 12.5 Å². The van der Waals surface area contributed by atoms with Crippen molar-refractivity contribution in [3.05, 3.63) is 11.1 Å². The SMILES string of the molecule is COCCN1CCC[C@](O)(CNCc2csc(N)n2)C1=O. The molecule has 1 fully saturated rings. The number of amides is 1. The summed E-state index contributed by atoms with van der Waals surface area (Å²) >= 11 is 1.37. The second-order valence-electron chi connectivity index (χ2n) is 5.20. The van der Waals surface area contributed by atoms with Crippen molar-refractivity contribution in [2.24, 2.45) is 0 Å². The molecule has 8 heteroatoms. The summed E-state index contributed by atoms with van der Waals surface area (Å²) in [7, 11) is 1.60. The normalized spacial score (nSPS) is 22.8. The van der Waals surface area contributed by atoms with Gasteiger partial charge in [-0.2, -0.15) is 0 Å². The highest BCUT2D eigenvalue weighted by Gasteiger charge is 2.41. The number of thiazole rings is 1. The van der Waals surface area contributed by atoms with E-state index < -0.39 is 5.60 Å². The standard InChI is InChI=1S/C13H22N4O3S/c1-20-6-5-17-4-2-3-13(19,11(17)18)9-15-7-10-8-21-12(14)16-10/h8,15,19H,2-7,9H2,1H3,(H2,14,16)/t13-/m0/s1. The van der Waals surface area contributed by atoms with Crippen LogP contribution in [0.3, 0.4) is 0 Å². The van der Waals surface area contributed by atoms with Gasteiger partial charge < -0.3 is 25.8 Å². The van der Waals surface area contributed by atoms with Crippen LogP contribution in [0.25, 0.3) is 0 Å². The van der Waals surface area contributed by atoms with E-state index in [9.17, 15) is 9.90 Å². The van der Waals surface area contributed by atoms with Crippen molar-refractivity contribution >= 4 is 22.4 Å². The summed E-state index contributed by atoms with van der Waals surface area (Å²) in [6, 6.07) is 0. The van der Waals surface area contributed by atoms with E-state index in [1.54, 1.807) is 12.0 Å². The summed E-state index contributed by atoms with van der Waals surface area (Å²) in [6.45, 7) is 2.37. The van der Waals surface area contributed by atoms with Crippen molar-refractivity contribution in [2.75, 3.05) is 39.1 Å². The first-order chi connectivity index (χ1) is 10.0. The first kappa shape index (κ1) is 16.2. The molecule has 0 aromatic carbocycles. The molecule has 7 nitrogen and oxygen atoms in total. The van der Waals surface area contributed by atoms with Crippen LogP contribution in [0, 0.1) is 0 Å². The molecular formula is C13H22N4O3S. The molecule has 118 valence electrons. The molecule has 1 aliphatic rings. The topological polar surface area (TPSA) is 101 Å². The Kier molecular flexibility index (Phi) is 5.51. The van der Waals surface area contributed by atoms with Gasteiger partial charge in [-0.05, 0) is 12.8 Å². The number of likely N-dealkylation sites (tertiary alicyclic amines) is 1. The number of aromatic nitrogens is 1. The van der Waals surface area contributed by atoms with E-state index in [4.69, 9.17) is 10.5 Å². The molecule has 0 saturated carbocycles. The van der Waals surface area contributed by atoms with Crippen molar-refractivity contribution in [3.8, 4) is 0 Å². The Morgan fingerprint density at radius 2 is 2.48 bits per heavy atom. The third-order valence-corrected chi connectivity index (χ3v) is 4.28. The van der Waals surface area contributed by atoms with E-state index in [1.165, 1.54) is 11.3 Å². The van der Waals surface area contributed by atoms with Crippen molar-refractivity contribution < 1.29 is 14.6 Å². The maximum Gasteiger partial charge on any atom is 0.255 e. The zero-order chi connectivity index (χ0) is 15.3. The van der Waals surface area contributed by atoms with E-state index in [0.717, 1.165) is 12.1 Å². The zero-order valence-corrected chi connectivity index (χ0v) is 13.0. The fraction of sp³-hybridized carbons (Fsp3) is 0.692. The predicted octanol–water partition coefficient (Wildman–Crippen LogP) is -0.185. The van der Waals surface area contributed by atoms with E-state index in [1.807, 2.05) is 5.38 Å². The second-order valence-corrected chi connectivity index (χ2v) is 6.09. The van der Waals surface area contributed by atoms with E-state index in [2.05, 4.69) is 10.3 Å². The molecule has 2 heterocycles. The molecule has 2 rings (SSSR count). The van der Waals surface area contributed by atoms with Gasteiger partial charge in [0.1, 0.15) is 0 Å². The Labute approximate surface area is 128 Å². The number of carbonyl (C=O) groups excluding carboxylic acids is 1. The van der Waals surface area contributed by atoms with Crippen LogP contribution >= 0.6 is 11.3 Å². The Morgan fingerprint density at radius 1 is 1.67 bits per heavy atom. The van der Waals surface area contributed by atoms with Crippen LogP contribution < -0.4 is 11.1 Å². The van der Waals surface area contributed by atoms with Crippen LogP contribution in [-0.4, -0.2) is 59.8 Å². The van der Waals surface area contributed by atoms with Gasteiger partial charge in [0.05, 0.1) is 12.3 Å². The maximum atomic E-state index is 12.3. The largest absolute Gasteiger partial charge is 0.383 e. The number of rotatable bonds is 7. The molecule has 1 atom stereocenters. The zero-order valence-electron chi connectivity index (χ0n) is 12.2. The number of hydrogen-bond acceptors (Lipinski definition) is 7. The number of hydrogen-bond donors (Lipinski definition) is 3. The molecule has 0 bridgehead atoms. The van der Waals surface area contributed by atoms with Crippen molar-refractivity contribution in [1.29, 1.82) is 0 Å². The minimum atomic E-state index is -1.34. The van der Waals surface area contributed by atoms with Gasteiger partial charge in [-0.15, -0.1) is 11.3 Å². The van der Waals surface area contributed by atoms with Crippen molar-refractivity contribution in [3.63, 3.8) is 0 Å². The quantitative estimate of drug-likeness (QED) is 0.645. The third-order valence-electron chi connectivity index (χ3n) is 3.56. The van der Waals surface area contributed by atoms with Crippen LogP contribution in [0.2, 0.25) is 0 Å². The van der Waals surface area contributed by atoms with Gasteiger partial charge in [0.2, 0.25) is 0 Å². The number of nitrogens with two attached hydrogens (primary N) is 1. The lowest BCUT2D eigenvalue weighted by Crippen LogP contribution is -2.58. The molecular weight excluding hydrogens is 292 g/mol. The van der Waals surface area contributed by atoms with Gasteiger partial charge >= 0.3 is 0 Å². The molecule has 0 spiro atoms. The summed E-state index contributed by atoms with van der Waals surface area (Å²) in [4.78, 5) is 18.1. The monoisotopic (exact) mass is 314 g/mol. The number of ether oxygens (including phenoxy) is 1. The van der Waals surface area contributed by atoms with E-state index in [0.29, 0.717) is 37.8 Å². The molecule has 21 heavy (non-hydrogen) atoms. The lowest BCUT2D eigenvalue weighted by molar-refractivity contribution is -0.157. The van der Waals surface area contributed by atoms with E-state index >= 15 is 0 Å². The molecule has 1 amide bonds. The molecule has 1 aromatic rings. The van der Waals surface area contributed by atoms with Crippen LogP contribution in [0.5, 0.6) is 0 Å². The lowest BCUT2D eigenvalue weighted by atomic mass is 9.91. The number of anilines is 1. The van der Waals surface area contributed by atoms with Gasteiger partial charge in [0, 0.05) is 38.7 Å². The number of methoxy groups -OCH3 is 1. The number of nitrogens with one attached hydrogen (secondary N) is 1. The molecule has 0 aliphatic carbocycles. The molecule has 1 saturated heterocycles. The minimum Gasteiger partial charge on any atom is -0.383 e. The molecule has 0 radical (unpaired) electrons. The second kappa shape index (κ2) is 7.17. The smallest absolute Gasteiger partial charge is 0.255 e. The Bertz CT molecular complexity index is 482. The Morgan fingerprint density at radius 3 is 3.14 bits per heavy atom. The molecule has 1 aromatic heterocycles. The lowest BCUT2D eigenvalue weighted by Gasteiger charge is -2.38. The van der Waals surface area contributed by atoms with Crippen LogP contribution in [0.1, 0.15) is 18.5 Å². The summed E-state index contributed by atoms with van der Waals surface area (Å²) in [5.41, 5.74) is 5.04. The van der Waals surface area contributed by atoms with Gasteiger partial charge in [-0.1, -0.05) is 0 Å². The number of piperidine rings is 1. The fourth-order valence-electron chi connectivity index (χ4n) is 2.45. The minimum absolute atomic E-state index is 0.215. The van der Waals surface area contributed by atoms with Crippen LogP contribution in [0.4, 0.5) is 5.13 Å². The predicted molar refractivity (Wildman–Crippen MR) is 80.9 cm³/mol. The van der Waals surface area contributed by atoms with Gasteiger partial charge in [-0.25, -0.2) is 4.98 Å². The first-order valence-electron chi connectivity index (χ1n) is 6.96. The van der Waals surface area contributed by atoms with Crippen molar-refractivity contribution in [1.82, 2.24) is 15.2 Å². The highest BCUT2D eigenvalue weighted by Crippen LogP contribution is 2.22. The molecule has 0 unspecified atom stereocenters. The molecule has 1 aliphatic heterocycles. The van der Waals surface area contributed by atoms with Gasteiger partial charge in [0.25, 0.3) is 5.91 Å². The fourth-order valence-corrected chi connectivity index (χ4v) is 3.01.